The van der Waals surface area contributed by atoms with Gasteiger partial charge in [-0.2, -0.15) is 0 Å². The summed E-state index contributed by atoms with van der Waals surface area (Å²) in [6.45, 7) is 4.41. The van der Waals surface area contributed by atoms with Crippen LogP contribution in [-0.4, -0.2) is 12.6 Å². The summed E-state index contributed by atoms with van der Waals surface area (Å²) in [6.07, 6.45) is 0.790. The first-order valence-electron chi connectivity index (χ1n) is 5.45. The Balaban J connectivity index is 2.82. The van der Waals surface area contributed by atoms with Crippen molar-refractivity contribution in [2.45, 2.75) is 26.3 Å². The molecule has 1 atom stereocenters. The minimum absolute atomic E-state index is 0.108. The average molecular weight is 319 g/mol. The third-order valence-corrected chi connectivity index (χ3v) is 3.07. The lowest BCUT2D eigenvalue weighted by Crippen LogP contribution is -2.18. The highest BCUT2D eigenvalue weighted by Gasteiger charge is 2.07. The molecule has 0 fully saturated rings. The smallest absolute Gasteiger partial charge is 0.123 e. The fraction of sp³-hybridized carbons (Fsp3) is 0.385. The van der Waals surface area contributed by atoms with Crippen LogP contribution >= 0.6 is 27.5 Å². The SMILES string of the molecule is C/C(=C\Cl)COc1ccc(Br)cc1CC(C)N. The summed E-state index contributed by atoms with van der Waals surface area (Å²) in [5.74, 6) is 0.864. The van der Waals surface area contributed by atoms with Crippen molar-refractivity contribution in [2.75, 3.05) is 6.61 Å². The van der Waals surface area contributed by atoms with E-state index in [1.807, 2.05) is 32.0 Å². The summed E-state index contributed by atoms with van der Waals surface area (Å²) in [4.78, 5) is 0. The van der Waals surface area contributed by atoms with Crippen LogP contribution < -0.4 is 10.5 Å². The van der Waals surface area contributed by atoms with Crippen LogP contribution in [0.15, 0.2) is 33.8 Å². The van der Waals surface area contributed by atoms with E-state index in [1.165, 1.54) is 5.54 Å². The molecule has 0 saturated heterocycles. The highest BCUT2D eigenvalue weighted by Crippen LogP contribution is 2.24. The molecule has 0 aliphatic heterocycles. The van der Waals surface area contributed by atoms with E-state index in [-0.39, 0.29) is 6.04 Å². The van der Waals surface area contributed by atoms with Crippen molar-refractivity contribution in [3.63, 3.8) is 0 Å². The van der Waals surface area contributed by atoms with E-state index in [1.54, 1.807) is 0 Å². The number of ether oxygens (including phenoxy) is 1. The molecular formula is C13H17BrClNO. The van der Waals surface area contributed by atoms with Gasteiger partial charge in [-0.1, -0.05) is 27.5 Å². The van der Waals surface area contributed by atoms with Gasteiger partial charge in [0.1, 0.15) is 12.4 Å². The fourth-order valence-corrected chi connectivity index (χ4v) is 1.89. The maximum Gasteiger partial charge on any atom is 0.123 e. The van der Waals surface area contributed by atoms with Gasteiger partial charge in [-0.3, -0.25) is 0 Å². The first kappa shape index (κ1) is 14.6. The molecule has 0 heterocycles. The predicted molar refractivity (Wildman–Crippen MR) is 76.6 cm³/mol. The Morgan fingerprint density at radius 2 is 2.29 bits per heavy atom. The van der Waals surface area contributed by atoms with Gasteiger partial charge in [0.2, 0.25) is 0 Å². The Hall–Kier alpha value is -0.510. The van der Waals surface area contributed by atoms with Crippen LogP contribution in [0.4, 0.5) is 0 Å². The predicted octanol–water partition coefficient (Wildman–Crippen LogP) is 3.86. The monoisotopic (exact) mass is 317 g/mol. The van der Waals surface area contributed by atoms with E-state index in [9.17, 15) is 0 Å². The van der Waals surface area contributed by atoms with E-state index < -0.39 is 0 Å². The lowest BCUT2D eigenvalue weighted by atomic mass is 10.1. The molecule has 2 nitrogen and oxygen atoms in total. The second-order valence-electron chi connectivity index (χ2n) is 4.18. The van der Waals surface area contributed by atoms with Crippen LogP contribution in [0.25, 0.3) is 0 Å². The zero-order chi connectivity index (χ0) is 12.8. The Labute approximate surface area is 116 Å². The van der Waals surface area contributed by atoms with Crippen LogP contribution in [0.2, 0.25) is 0 Å². The third-order valence-electron chi connectivity index (χ3n) is 2.21. The van der Waals surface area contributed by atoms with E-state index >= 15 is 0 Å². The Kier molecular flexibility index (Phi) is 6.03. The Bertz CT molecular complexity index is 404. The third kappa shape index (κ3) is 5.11. The van der Waals surface area contributed by atoms with Gasteiger partial charge < -0.3 is 10.5 Å². The summed E-state index contributed by atoms with van der Waals surface area (Å²) < 4.78 is 6.75. The lowest BCUT2D eigenvalue weighted by Gasteiger charge is -2.13. The molecular weight excluding hydrogens is 302 g/mol. The topological polar surface area (TPSA) is 35.2 Å². The highest BCUT2D eigenvalue weighted by molar-refractivity contribution is 9.10. The molecule has 0 spiro atoms. The standard InChI is InChI=1S/C13H17BrClNO/c1-9(7-15)8-17-13-4-3-12(14)6-11(13)5-10(2)16/h3-4,6-7,10H,5,8,16H2,1-2H3/b9-7+. The Morgan fingerprint density at radius 1 is 1.59 bits per heavy atom. The second kappa shape index (κ2) is 7.04. The van der Waals surface area contributed by atoms with Gasteiger partial charge in [0.15, 0.2) is 0 Å². The van der Waals surface area contributed by atoms with Gasteiger partial charge in [0.25, 0.3) is 0 Å². The van der Waals surface area contributed by atoms with Gasteiger partial charge >= 0.3 is 0 Å². The molecule has 94 valence electrons. The summed E-state index contributed by atoms with van der Waals surface area (Å²) in [6, 6.07) is 6.05. The molecule has 0 bridgehead atoms. The number of benzene rings is 1. The zero-order valence-electron chi connectivity index (χ0n) is 10.0. The molecule has 4 heteroatoms. The minimum atomic E-state index is 0.108. The van der Waals surface area contributed by atoms with Gasteiger partial charge in [-0.15, -0.1) is 0 Å². The molecule has 0 amide bonds. The number of rotatable bonds is 5. The van der Waals surface area contributed by atoms with Crippen LogP contribution in [0, 0.1) is 0 Å². The van der Waals surface area contributed by atoms with E-state index in [0.29, 0.717) is 6.61 Å². The summed E-state index contributed by atoms with van der Waals surface area (Å²) in [5.41, 5.74) is 9.45. The van der Waals surface area contributed by atoms with Crippen molar-refractivity contribution in [3.8, 4) is 5.75 Å². The maximum absolute atomic E-state index is 5.82. The summed E-state index contributed by atoms with van der Waals surface area (Å²) in [5, 5.41) is 0. The van der Waals surface area contributed by atoms with Crippen LogP contribution in [-0.2, 0) is 6.42 Å². The number of halogens is 2. The molecule has 0 saturated carbocycles. The summed E-state index contributed by atoms with van der Waals surface area (Å²) in [7, 11) is 0. The molecule has 0 aliphatic carbocycles. The number of hydrogen-bond acceptors (Lipinski definition) is 2. The molecule has 1 rings (SSSR count). The van der Waals surface area contributed by atoms with Crippen molar-refractivity contribution in [1.29, 1.82) is 0 Å². The molecule has 0 aromatic heterocycles. The highest BCUT2D eigenvalue weighted by atomic mass is 79.9. The van der Waals surface area contributed by atoms with Gasteiger partial charge in [0, 0.05) is 16.0 Å². The van der Waals surface area contributed by atoms with Crippen molar-refractivity contribution in [2.24, 2.45) is 5.73 Å². The van der Waals surface area contributed by atoms with Gasteiger partial charge in [0.05, 0.1) is 0 Å². The van der Waals surface area contributed by atoms with Crippen molar-refractivity contribution >= 4 is 27.5 Å². The molecule has 17 heavy (non-hydrogen) atoms. The van der Waals surface area contributed by atoms with E-state index in [2.05, 4.69) is 15.9 Å². The minimum Gasteiger partial charge on any atom is -0.489 e. The van der Waals surface area contributed by atoms with E-state index in [4.69, 9.17) is 22.1 Å². The van der Waals surface area contributed by atoms with Crippen molar-refractivity contribution in [1.82, 2.24) is 0 Å². The quantitative estimate of drug-likeness (QED) is 0.894. The molecule has 1 aromatic rings. The maximum atomic E-state index is 5.82. The largest absolute Gasteiger partial charge is 0.489 e. The van der Waals surface area contributed by atoms with E-state index in [0.717, 1.165) is 27.8 Å². The average Bonchev–Trinajstić information content (AvgIpc) is 2.26. The molecule has 1 unspecified atom stereocenters. The summed E-state index contributed by atoms with van der Waals surface area (Å²) >= 11 is 9.05. The van der Waals surface area contributed by atoms with Gasteiger partial charge in [-0.25, -0.2) is 0 Å². The molecule has 1 aromatic carbocycles. The number of hydrogen-bond donors (Lipinski definition) is 1. The normalized spacial score (nSPS) is 13.6. The molecule has 0 aliphatic rings. The van der Waals surface area contributed by atoms with Gasteiger partial charge in [-0.05, 0) is 49.6 Å². The first-order chi connectivity index (χ1) is 8.02. The van der Waals surface area contributed by atoms with Crippen LogP contribution in [0.1, 0.15) is 19.4 Å². The van der Waals surface area contributed by atoms with Crippen LogP contribution in [0.3, 0.4) is 0 Å². The van der Waals surface area contributed by atoms with Crippen molar-refractivity contribution < 1.29 is 4.74 Å². The second-order valence-corrected chi connectivity index (χ2v) is 5.31. The number of nitrogens with two attached hydrogens (primary N) is 1. The first-order valence-corrected chi connectivity index (χ1v) is 6.68. The lowest BCUT2D eigenvalue weighted by molar-refractivity contribution is 0.347. The van der Waals surface area contributed by atoms with Crippen molar-refractivity contribution in [3.05, 3.63) is 39.3 Å². The fourth-order valence-electron chi connectivity index (χ4n) is 1.42. The molecule has 2 N–H and O–H groups in total. The van der Waals surface area contributed by atoms with Crippen LogP contribution in [0.5, 0.6) is 5.75 Å². The molecule has 0 radical (unpaired) electrons. The Morgan fingerprint density at radius 3 is 2.88 bits per heavy atom. The zero-order valence-corrected chi connectivity index (χ0v) is 12.4.